The molecule has 6 nitrogen and oxygen atoms in total. The lowest BCUT2D eigenvalue weighted by molar-refractivity contribution is 0.554. The summed E-state index contributed by atoms with van der Waals surface area (Å²) in [6.07, 6.45) is 1.78. The zero-order valence-corrected chi connectivity index (χ0v) is 13.1. The maximum atomic E-state index is 12.2. The third-order valence-corrected chi connectivity index (χ3v) is 5.04. The summed E-state index contributed by atoms with van der Waals surface area (Å²) in [6.45, 7) is 0.222. The third kappa shape index (κ3) is 3.82. The van der Waals surface area contributed by atoms with Gasteiger partial charge in [-0.05, 0) is 12.0 Å². The molecule has 1 aromatic heterocycles. The number of aromatic nitrogens is 2. The summed E-state index contributed by atoms with van der Waals surface area (Å²) in [5.41, 5.74) is 6.99. The number of nitrogens with two attached hydrogens (primary N) is 1. The van der Waals surface area contributed by atoms with Gasteiger partial charge in [-0.3, -0.25) is 4.68 Å². The molecule has 2 rings (SSSR count). The first-order valence-electron chi connectivity index (χ1n) is 6.39. The molecule has 1 heterocycles. The van der Waals surface area contributed by atoms with Crippen LogP contribution in [0.3, 0.4) is 0 Å². The fraction of sp³-hybridized carbons (Fsp3) is 0.308. The Kier molecular flexibility index (Phi) is 5.00. The molecule has 1 aromatic carbocycles. The van der Waals surface area contributed by atoms with Crippen molar-refractivity contribution in [1.29, 1.82) is 0 Å². The monoisotopic (exact) mass is 328 g/mol. The van der Waals surface area contributed by atoms with Crippen LogP contribution in [0.2, 0.25) is 5.02 Å². The molecular weight excluding hydrogens is 312 g/mol. The standard InChI is InChI=1S/C13H17ClN4O2S/c1-18-13(11(14)9-16-18)21(19,20)17-8-7-12(15)10-5-3-2-4-6-10/h2-6,9,12,17H,7-8,15H2,1H3. The van der Waals surface area contributed by atoms with Crippen LogP contribution in [0.5, 0.6) is 0 Å². The zero-order valence-electron chi connectivity index (χ0n) is 11.5. The Labute approximate surface area is 129 Å². The molecule has 0 spiro atoms. The van der Waals surface area contributed by atoms with Gasteiger partial charge in [0.05, 0.1) is 11.2 Å². The van der Waals surface area contributed by atoms with Crippen LogP contribution in [0.4, 0.5) is 0 Å². The van der Waals surface area contributed by atoms with E-state index < -0.39 is 10.0 Å². The van der Waals surface area contributed by atoms with Crippen molar-refractivity contribution < 1.29 is 8.42 Å². The van der Waals surface area contributed by atoms with Crippen LogP contribution in [0, 0.1) is 0 Å². The molecule has 0 amide bonds. The third-order valence-electron chi connectivity index (χ3n) is 3.07. The molecule has 21 heavy (non-hydrogen) atoms. The summed E-state index contributed by atoms with van der Waals surface area (Å²) < 4.78 is 28.0. The van der Waals surface area contributed by atoms with Crippen molar-refractivity contribution in [3.63, 3.8) is 0 Å². The van der Waals surface area contributed by atoms with Crippen molar-refractivity contribution in [3.8, 4) is 0 Å². The van der Waals surface area contributed by atoms with E-state index in [2.05, 4.69) is 9.82 Å². The molecule has 0 saturated carbocycles. The molecule has 0 aliphatic rings. The summed E-state index contributed by atoms with van der Waals surface area (Å²) in [6, 6.07) is 9.30. The SMILES string of the molecule is Cn1ncc(Cl)c1S(=O)(=O)NCCC(N)c1ccccc1. The number of benzene rings is 1. The minimum atomic E-state index is -3.69. The van der Waals surface area contributed by atoms with Gasteiger partial charge < -0.3 is 5.73 Å². The van der Waals surface area contributed by atoms with E-state index in [9.17, 15) is 8.42 Å². The molecular formula is C13H17ClN4O2S. The lowest BCUT2D eigenvalue weighted by Crippen LogP contribution is -2.29. The van der Waals surface area contributed by atoms with Crippen LogP contribution in [0.15, 0.2) is 41.6 Å². The molecule has 0 saturated heterocycles. The first-order chi connectivity index (χ1) is 9.92. The number of halogens is 1. The predicted octanol–water partition coefficient (Wildman–Crippen LogP) is 1.44. The quantitative estimate of drug-likeness (QED) is 0.839. The topological polar surface area (TPSA) is 90.0 Å². The molecule has 2 aromatic rings. The molecule has 0 aliphatic heterocycles. The van der Waals surface area contributed by atoms with E-state index in [-0.39, 0.29) is 22.6 Å². The van der Waals surface area contributed by atoms with Crippen molar-refractivity contribution in [2.24, 2.45) is 12.8 Å². The molecule has 0 bridgehead atoms. The fourth-order valence-corrected chi connectivity index (χ4v) is 3.68. The van der Waals surface area contributed by atoms with Gasteiger partial charge in [-0.2, -0.15) is 5.10 Å². The minimum Gasteiger partial charge on any atom is -0.324 e. The molecule has 8 heteroatoms. The molecule has 1 unspecified atom stereocenters. The Hall–Kier alpha value is -1.41. The maximum absolute atomic E-state index is 12.2. The molecule has 0 radical (unpaired) electrons. The summed E-state index contributed by atoms with van der Waals surface area (Å²) in [5.74, 6) is 0. The van der Waals surface area contributed by atoms with Gasteiger partial charge in [-0.25, -0.2) is 13.1 Å². The lowest BCUT2D eigenvalue weighted by Gasteiger charge is -2.13. The molecule has 0 fully saturated rings. The van der Waals surface area contributed by atoms with E-state index in [0.717, 1.165) is 5.56 Å². The highest BCUT2D eigenvalue weighted by Crippen LogP contribution is 2.20. The van der Waals surface area contributed by atoms with Gasteiger partial charge in [0.1, 0.15) is 0 Å². The van der Waals surface area contributed by atoms with Gasteiger partial charge in [0.15, 0.2) is 5.03 Å². The zero-order chi connectivity index (χ0) is 15.5. The van der Waals surface area contributed by atoms with Crippen molar-refractivity contribution in [2.45, 2.75) is 17.5 Å². The number of rotatable bonds is 6. The van der Waals surface area contributed by atoms with Crippen LogP contribution in [-0.2, 0) is 17.1 Å². The van der Waals surface area contributed by atoms with Crippen molar-refractivity contribution >= 4 is 21.6 Å². The Morgan fingerprint density at radius 2 is 2.05 bits per heavy atom. The Bertz CT molecular complexity index is 681. The first kappa shape index (κ1) is 16.0. The van der Waals surface area contributed by atoms with E-state index in [1.54, 1.807) is 0 Å². The lowest BCUT2D eigenvalue weighted by atomic mass is 10.1. The molecule has 3 N–H and O–H groups in total. The van der Waals surface area contributed by atoms with Crippen molar-refractivity contribution in [2.75, 3.05) is 6.54 Å². The van der Waals surface area contributed by atoms with Gasteiger partial charge in [0, 0.05) is 19.6 Å². The van der Waals surface area contributed by atoms with E-state index in [1.807, 2.05) is 30.3 Å². The van der Waals surface area contributed by atoms with Gasteiger partial charge in [0.2, 0.25) is 0 Å². The highest BCUT2D eigenvalue weighted by atomic mass is 35.5. The van der Waals surface area contributed by atoms with Crippen LogP contribution >= 0.6 is 11.6 Å². The summed E-state index contributed by atoms with van der Waals surface area (Å²) >= 11 is 5.84. The van der Waals surface area contributed by atoms with Crippen LogP contribution in [-0.4, -0.2) is 24.7 Å². The Morgan fingerprint density at radius 1 is 1.38 bits per heavy atom. The van der Waals surface area contributed by atoms with Gasteiger partial charge in [-0.15, -0.1) is 0 Å². The smallest absolute Gasteiger partial charge is 0.259 e. The molecule has 114 valence electrons. The summed E-state index contributed by atoms with van der Waals surface area (Å²) in [5, 5.41) is 3.86. The van der Waals surface area contributed by atoms with E-state index >= 15 is 0 Å². The van der Waals surface area contributed by atoms with E-state index in [1.165, 1.54) is 17.9 Å². The number of hydrogen-bond donors (Lipinski definition) is 2. The van der Waals surface area contributed by atoms with Gasteiger partial charge >= 0.3 is 0 Å². The highest BCUT2D eigenvalue weighted by molar-refractivity contribution is 7.89. The second-order valence-corrected chi connectivity index (χ2v) is 6.71. The van der Waals surface area contributed by atoms with Crippen LogP contribution < -0.4 is 10.5 Å². The highest BCUT2D eigenvalue weighted by Gasteiger charge is 2.22. The van der Waals surface area contributed by atoms with E-state index in [4.69, 9.17) is 17.3 Å². The fourth-order valence-electron chi connectivity index (χ4n) is 1.99. The average Bonchev–Trinajstić information content (AvgIpc) is 2.79. The summed E-state index contributed by atoms with van der Waals surface area (Å²) in [4.78, 5) is 0. The predicted molar refractivity (Wildman–Crippen MR) is 81.4 cm³/mol. The van der Waals surface area contributed by atoms with Gasteiger partial charge in [0.25, 0.3) is 10.0 Å². The van der Waals surface area contributed by atoms with E-state index in [0.29, 0.717) is 6.42 Å². The van der Waals surface area contributed by atoms with Crippen molar-refractivity contribution in [1.82, 2.24) is 14.5 Å². The molecule has 1 atom stereocenters. The number of nitrogens with zero attached hydrogens (tertiary/aromatic N) is 2. The van der Waals surface area contributed by atoms with Crippen LogP contribution in [0.25, 0.3) is 0 Å². The number of sulfonamides is 1. The van der Waals surface area contributed by atoms with Crippen molar-refractivity contribution in [3.05, 3.63) is 47.1 Å². The Balaban J connectivity index is 1.97. The number of aryl methyl sites for hydroxylation is 1. The summed E-state index contributed by atoms with van der Waals surface area (Å²) in [7, 11) is -2.17. The average molecular weight is 329 g/mol. The minimum absolute atomic E-state index is 0.0440. The normalized spacial score (nSPS) is 13.3. The second-order valence-electron chi connectivity index (χ2n) is 4.62. The second kappa shape index (κ2) is 6.57. The Morgan fingerprint density at radius 3 is 2.62 bits per heavy atom. The van der Waals surface area contributed by atoms with Gasteiger partial charge in [-0.1, -0.05) is 41.9 Å². The van der Waals surface area contributed by atoms with Crippen LogP contribution in [0.1, 0.15) is 18.0 Å². The number of hydrogen-bond acceptors (Lipinski definition) is 4. The largest absolute Gasteiger partial charge is 0.324 e. The first-order valence-corrected chi connectivity index (χ1v) is 8.25. The molecule has 0 aliphatic carbocycles. The number of nitrogens with one attached hydrogen (secondary N) is 1. The maximum Gasteiger partial charge on any atom is 0.259 e.